The molecule has 8 rings (SSSR count). The van der Waals surface area contributed by atoms with Crippen molar-refractivity contribution in [2.45, 2.75) is 76.1 Å². The van der Waals surface area contributed by atoms with Crippen LogP contribution in [0.4, 0.5) is 4.79 Å². The van der Waals surface area contributed by atoms with Crippen LogP contribution in [0.25, 0.3) is 33.6 Å². The highest BCUT2D eigenvalue weighted by molar-refractivity contribution is 5.87. The quantitative estimate of drug-likeness (QED) is 0.102. The van der Waals surface area contributed by atoms with E-state index in [1.807, 2.05) is 24.4 Å². The lowest BCUT2D eigenvalue weighted by atomic mass is 9.78. The number of nitrogens with zero attached hydrogens (tertiary/aromatic N) is 3. The zero-order valence-electron chi connectivity index (χ0n) is 32.9. The molecule has 4 N–H and O–H groups in total. The summed E-state index contributed by atoms with van der Waals surface area (Å²) in [5.74, 6) is 2.40. The number of aromatic amines is 2. The monoisotopic (exact) mass is 769 g/mol. The predicted molar refractivity (Wildman–Crippen MR) is 217 cm³/mol. The van der Waals surface area contributed by atoms with Crippen molar-refractivity contribution in [1.29, 1.82) is 0 Å². The van der Waals surface area contributed by atoms with Crippen LogP contribution in [-0.2, 0) is 19.1 Å². The molecule has 12 nitrogen and oxygen atoms in total. The van der Waals surface area contributed by atoms with E-state index in [1.165, 1.54) is 14.2 Å². The van der Waals surface area contributed by atoms with E-state index in [2.05, 4.69) is 93.2 Å². The van der Waals surface area contributed by atoms with Gasteiger partial charge in [-0.05, 0) is 85.6 Å². The first-order valence-electron chi connectivity index (χ1n) is 20.1. The highest BCUT2D eigenvalue weighted by Crippen LogP contribution is 2.56. The first-order chi connectivity index (χ1) is 27.7. The Morgan fingerprint density at radius 2 is 1.35 bits per heavy atom. The normalized spacial score (nSPS) is 22.9. The molecule has 3 heterocycles. The summed E-state index contributed by atoms with van der Waals surface area (Å²) in [7, 11) is 2.77. The van der Waals surface area contributed by atoms with Crippen LogP contribution in [0.5, 0.6) is 0 Å². The van der Waals surface area contributed by atoms with Gasteiger partial charge in [-0.3, -0.25) is 9.59 Å². The Kier molecular flexibility index (Phi) is 11.0. The number of benzene rings is 3. The van der Waals surface area contributed by atoms with Crippen LogP contribution >= 0.6 is 0 Å². The van der Waals surface area contributed by atoms with E-state index >= 15 is 0 Å². The van der Waals surface area contributed by atoms with E-state index in [0.717, 1.165) is 77.1 Å². The predicted octanol–water partition coefficient (Wildman–Crippen LogP) is 7.56. The van der Waals surface area contributed by atoms with Gasteiger partial charge in [-0.15, -0.1) is 0 Å². The second-order valence-electron chi connectivity index (χ2n) is 15.8. The second kappa shape index (κ2) is 16.4. The van der Waals surface area contributed by atoms with Gasteiger partial charge in [-0.2, -0.15) is 0 Å². The van der Waals surface area contributed by atoms with Gasteiger partial charge in [0.2, 0.25) is 11.8 Å². The van der Waals surface area contributed by atoms with Gasteiger partial charge in [0.1, 0.15) is 17.7 Å². The van der Waals surface area contributed by atoms with Crippen molar-refractivity contribution in [3.63, 3.8) is 0 Å². The molecule has 8 atom stereocenters. The number of carbonyl (C=O) groups excluding carboxylic acids is 3. The van der Waals surface area contributed by atoms with Crippen LogP contribution < -0.4 is 10.6 Å². The van der Waals surface area contributed by atoms with Gasteiger partial charge in [0.25, 0.3) is 0 Å². The highest BCUT2D eigenvalue weighted by Gasteiger charge is 2.52. The third-order valence-corrected chi connectivity index (χ3v) is 12.5. The van der Waals surface area contributed by atoms with Crippen molar-refractivity contribution in [3.8, 4) is 33.6 Å². The lowest BCUT2D eigenvalue weighted by Crippen LogP contribution is -2.54. The molecule has 3 aliphatic rings. The molecule has 296 valence electrons. The number of imidazole rings is 2. The number of carbonyl (C=O) groups is 3. The lowest BCUT2D eigenvalue weighted by molar-refractivity contribution is -0.137. The summed E-state index contributed by atoms with van der Waals surface area (Å²) in [6.07, 6.45) is 7.40. The number of amides is 3. The number of H-pyrrole nitrogens is 2. The third-order valence-electron chi connectivity index (χ3n) is 12.5. The van der Waals surface area contributed by atoms with E-state index in [9.17, 15) is 14.4 Å². The molecule has 4 unspecified atom stereocenters. The fraction of sp³-hybridized carbons (Fsp3) is 0.400. The summed E-state index contributed by atoms with van der Waals surface area (Å²) in [6.45, 7) is 4.35. The molecule has 2 saturated carbocycles. The van der Waals surface area contributed by atoms with Crippen molar-refractivity contribution < 1.29 is 23.9 Å². The fourth-order valence-electron chi connectivity index (χ4n) is 9.38. The Balaban J connectivity index is 0.922. The van der Waals surface area contributed by atoms with E-state index in [0.29, 0.717) is 24.2 Å². The molecule has 1 aliphatic heterocycles. The molecule has 2 aromatic heterocycles. The number of hydrogen-bond acceptors (Lipinski definition) is 7. The van der Waals surface area contributed by atoms with E-state index in [1.54, 1.807) is 18.0 Å². The number of nitrogens with one attached hydrogen (secondary N) is 4. The average molecular weight is 770 g/mol. The van der Waals surface area contributed by atoms with Crippen LogP contribution in [0.1, 0.15) is 81.2 Å². The summed E-state index contributed by atoms with van der Waals surface area (Å²) < 4.78 is 10.2. The summed E-state index contributed by atoms with van der Waals surface area (Å²) in [6, 6.07) is 25.8. The van der Waals surface area contributed by atoms with Crippen molar-refractivity contribution in [2.75, 3.05) is 20.8 Å². The molecule has 57 heavy (non-hydrogen) atoms. The molecular weight excluding hydrogens is 719 g/mol. The second-order valence-corrected chi connectivity index (χ2v) is 15.8. The number of alkyl carbamates (subject to hydrolysis) is 1. The third kappa shape index (κ3) is 7.70. The van der Waals surface area contributed by atoms with Gasteiger partial charge in [-0.25, -0.2) is 14.8 Å². The van der Waals surface area contributed by atoms with Crippen molar-refractivity contribution >= 4 is 17.9 Å². The van der Waals surface area contributed by atoms with Crippen LogP contribution in [0, 0.1) is 17.8 Å². The van der Waals surface area contributed by atoms with Crippen LogP contribution in [-0.4, -0.2) is 75.7 Å². The van der Waals surface area contributed by atoms with Crippen LogP contribution in [0.3, 0.4) is 0 Å². The number of hydrogen-bond donors (Lipinski definition) is 4. The number of aromatic nitrogens is 4. The zero-order chi connectivity index (χ0) is 39.6. The SMILES string of the molecule is COC(=O)N[C@H](C(=O)N1CCC[C@H]1c1ncc(-c2ccc(-c3ccc(-c4cnc(C5C6CCC(C6)C5C(=O)N[C@@H](C)c5ccccc5)[nH]4)cc3)cc2)[nH]1)[C@@H](C)OC. The number of methoxy groups -OCH3 is 2. The topological polar surface area (TPSA) is 154 Å². The molecule has 3 aromatic carbocycles. The Bertz CT molecular complexity index is 2180. The smallest absolute Gasteiger partial charge is 0.407 e. The molecule has 0 radical (unpaired) electrons. The maximum atomic E-state index is 13.7. The van der Waals surface area contributed by atoms with Crippen LogP contribution in [0.2, 0.25) is 0 Å². The fourth-order valence-corrected chi connectivity index (χ4v) is 9.38. The van der Waals surface area contributed by atoms with Gasteiger partial charge in [0.15, 0.2) is 0 Å². The Labute approximate surface area is 333 Å². The maximum absolute atomic E-state index is 13.7. The van der Waals surface area contributed by atoms with Crippen molar-refractivity contribution in [2.24, 2.45) is 17.8 Å². The van der Waals surface area contributed by atoms with Gasteiger partial charge in [0, 0.05) is 19.6 Å². The minimum Gasteiger partial charge on any atom is -0.453 e. The largest absolute Gasteiger partial charge is 0.453 e. The zero-order valence-corrected chi connectivity index (χ0v) is 32.9. The minimum absolute atomic E-state index is 0.0468. The average Bonchev–Trinajstić information content (AvgIpc) is 4.11. The van der Waals surface area contributed by atoms with Crippen molar-refractivity contribution in [1.82, 2.24) is 35.5 Å². The molecule has 0 spiro atoms. The highest BCUT2D eigenvalue weighted by atomic mass is 16.5. The molecule has 3 fully saturated rings. The lowest BCUT2D eigenvalue weighted by Gasteiger charge is -2.30. The number of fused-ring (bicyclic) bond motifs is 2. The maximum Gasteiger partial charge on any atom is 0.407 e. The number of ether oxygens (including phenoxy) is 2. The van der Waals surface area contributed by atoms with Crippen molar-refractivity contribution in [3.05, 3.63) is 108 Å². The Morgan fingerprint density at radius 1 is 0.754 bits per heavy atom. The van der Waals surface area contributed by atoms with Gasteiger partial charge < -0.3 is 35.0 Å². The Morgan fingerprint density at radius 3 is 1.98 bits per heavy atom. The minimum atomic E-state index is -0.884. The Hall–Kier alpha value is -5.75. The summed E-state index contributed by atoms with van der Waals surface area (Å²) >= 11 is 0. The number of rotatable bonds is 12. The molecule has 1 saturated heterocycles. The summed E-state index contributed by atoms with van der Waals surface area (Å²) in [5, 5.41) is 5.94. The summed E-state index contributed by atoms with van der Waals surface area (Å²) in [4.78, 5) is 57.8. The first-order valence-corrected chi connectivity index (χ1v) is 20.1. The van der Waals surface area contributed by atoms with Gasteiger partial charge >= 0.3 is 6.09 Å². The first kappa shape index (κ1) is 38.1. The molecule has 12 heteroatoms. The standard InChI is InChI=1S/C45H51N7O5/c1-26(28-9-6-5-7-10-28)48-43(53)39-34-21-20-33(23-34)38(39)42-47-25-36(50-42)32-18-14-30(15-19-32)29-12-16-31(17-13-29)35-24-46-41(49-35)37-11-8-22-52(37)44(54)40(27(2)56-3)51-45(55)57-4/h5-7,9-10,12-19,24-27,33-34,37-40H,8,11,20-23H2,1-4H3,(H,46,49)(H,47,50)(H,48,53)(H,51,55)/t26-,27+,33?,34?,37-,38?,39?,40-/m0/s1. The van der Waals surface area contributed by atoms with Gasteiger partial charge in [0.05, 0.1) is 55.0 Å². The van der Waals surface area contributed by atoms with E-state index < -0.39 is 18.2 Å². The van der Waals surface area contributed by atoms with Crippen LogP contribution in [0.15, 0.2) is 91.3 Å². The summed E-state index contributed by atoms with van der Waals surface area (Å²) in [5.41, 5.74) is 7.12. The molecule has 2 bridgehead atoms. The van der Waals surface area contributed by atoms with Gasteiger partial charge in [-0.1, -0.05) is 78.9 Å². The molecule has 5 aromatic rings. The molecule has 3 amide bonds. The number of likely N-dealkylation sites (tertiary alicyclic amines) is 1. The molecule has 2 aliphatic carbocycles. The van der Waals surface area contributed by atoms with E-state index in [-0.39, 0.29) is 35.7 Å². The molecular formula is C45H51N7O5. The van der Waals surface area contributed by atoms with E-state index in [4.69, 9.17) is 14.5 Å².